The fourth-order valence-corrected chi connectivity index (χ4v) is 4.08. The minimum atomic E-state index is -0.168. The van der Waals surface area contributed by atoms with Crippen molar-refractivity contribution in [2.45, 2.75) is 69.2 Å². The van der Waals surface area contributed by atoms with Gasteiger partial charge in [0.05, 0.1) is 7.11 Å². The van der Waals surface area contributed by atoms with Crippen LogP contribution in [0, 0.1) is 0 Å². The fraction of sp³-hybridized carbons (Fsp3) is 0.667. The van der Waals surface area contributed by atoms with Crippen LogP contribution in [0.15, 0.2) is 18.2 Å². The van der Waals surface area contributed by atoms with Crippen LogP contribution in [0.2, 0.25) is 0 Å². The van der Waals surface area contributed by atoms with Crippen LogP contribution < -0.4 is 10.5 Å². The molecule has 0 aromatic heterocycles. The molecule has 110 valence electrons. The van der Waals surface area contributed by atoms with E-state index in [4.69, 9.17) is 10.5 Å². The Morgan fingerprint density at radius 3 is 2.40 bits per heavy atom. The standard InChI is InChI=1S/C18H27NO/c1-20-17-10-9-15(14-7-3-4-8-14)13-16(17)18(19)11-5-2-6-12-18/h9-10,13-14H,2-8,11-12,19H2,1H3. The highest BCUT2D eigenvalue weighted by Crippen LogP contribution is 2.42. The van der Waals surface area contributed by atoms with Gasteiger partial charge in [-0.1, -0.05) is 38.2 Å². The number of rotatable bonds is 3. The number of benzene rings is 1. The molecule has 0 heterocycles. The lowest BCUT2D eigenvalue weighted by molar-refractivity contribution is 0.288. The van der Waals surface area contributed by atoms with Crippen molar-refractivity contribution in [3.63, 3.8) is 0 Å². The summed E-state index contributed by atoms with van der Waals surface area (Å²) in [5.41, 5.74) is 9.31. The number of ether oxygens (including phenoxy) is 1. The molecule has 1 aromatic carbocycles. The van der Waals surface area contributed by atoms with Crippen LogP contribution in [-0.2, 0) is 5.54 Å². The van der Waals surface area contributed by atoms with Crippen LogP contribution in [0.25, 0.3) is 0 Å². The first-order valence-corrected chi connectivity index (χ1v) is 8.20. The van der Waals surface area contributed by atoms with Crippen LogP contribution in [0.4, 0.5) is 0 Å². The Balaban J connectivity index is 1.95. The van der Waals surface area contributed by atoms with Crippen LogP contribution in [-0.4, -0.2) is 7.11 Å². The Kier molecular flexibility index (Phi) is 4.02. The van der Waals surface area contributed by atoms with Crippen molar-refractivity contribution in [1.82, 2.24) is 0 Å². The molecule has 0 spiro atoms. The molecule has 2 saturated carbocycles. The average molecular weight is 273 g/mol. The van der Waals surface area contributed by atoms with Gasteiger partial charge < -0.3 is 10.5 Å². The third-order valence-corrected chi connectivity index (χ3v) is 5.33. The average Bonchev–Trinajstić information content (AvgIpc) is 3.01. The lowest BCUT2D eigenvalue weighted by Gasteiger charge is -2.35. The molecule has 0 saturated heterocycles. The predicted molar refractivity (Wildman–Crippen MR) is 83.2 cm³/mol. The molecule has 3 rings (SSSR count). The van der Waals surface area contributed by atoms with Crippen molar-refractivity contribution >= 4 is 0 Å². The third-order valence-electron chi connectivity index (χ3n) is 5.33. The summed E-state index contributed by atoms with van der Waals surface area (Å²) in [7, 11) is 1.76. The summed E-state index contributed by atoms with van der Waals surface area (Å²) in [6, 6.07) is 6.76. The van der Waals surface area contributed by atoms with Gasteiger partial charge in [-0.25, -0.2) is 0 Å². The Morgan fingerprint density at radius 2 is 1.75 bits per heavy atom. The first kappa shape index (κ1) is 13.9. The first-order valence-electron chi connectivity index (χ1n) is 8.20. The minimum Gasteiger partial charge on any atom is -0.496 e. The van der Waals surface area contributed by atoms with Crippen molar-refractivity contribution in [2.75, 3.05) is 7.11 Å². The zero-order valence-electron chi connectivity index (χ0n) is 12.7. The van der Waals surface area contributed by atoms with Gasteiger partial charge in [0, 0.05) is 11.1 Å². The maximum absolute atomic E-state index is 6.74. The second-order valence-electron chi connectivity index (χ2n) is 6.66. The van der Waals surface area contributed by atoms with E-state index < -0.39 is 0 Å². The molecule has 20 heavy (non-hydrogen) atoms. The number of hydrogen-bond acceptors (Lipinski definition) is 2. The van der Waals surface area contributed by atoms with E-state index in [0.717, 1.165) is 24.5 Å². The van der Waals surface area contributed by atoms with E-state index in [0.29, 0.717) is 0 Å². The van der Waals surface area contributed by atoms with E-state index in [1.54, 1.807) is 7.11 Å². The predicted octanol–water partition coefficient (Wildman–Crippen LogP) is 4.47. The minimum absolute atomic E-state index is 0.168. The highest BCUT2D eigenvalue weighted by Gasteiger charge is 2.33. The molecular weight excluding hydrogens is 246 g/mol. The summed E-state index contributed by atoms with van der Waals surface area (Å²) in [5, 5.41) is 0. The smallest absolute Gasteiger partial charge is 0.123 e. The molecule has 2 N–H and O–H groups in total. The van der Waals surface area contributed by atoms with Crippen LogP contribution in [0.3, 0.4) is 0 Å². The van der Waals surface area contributed by atoms with E-state index in [2.05, 4.69) is 18.2 Å². The van der Waals surface area contributed by atoms with Crippen molar-refractivity contribution in [1.29, 1.82) is 0 Å². The molecule has 2 aliphatic rings. The Labute approximate surface area is 122 Å². The quantitative estimate of drug-likeness (QED) is 0.881. The van der Waals surface area contributed by atoms with E-state index in [1.165, 1.54) is 56.1 Å². The number of nitrogens with two attached hydrogens (primary N) is 1. The van der Waals surface area contributed by atoms with E-state index in [9.17, 15) is 0 Å². The Bertz CT molecular complexity index is 456. The summed E-state index contributed by atoms with van der Waals surface area (Å²) >= 11 is 0. The second-order valence-corrected chi connectivity index (χ2v) is 6.66. The molecule has 0 unspecified atom stereocenters. The van der Waals surface area contributed by atoms with Gasteiger partial charge in [-0.2, -0.15) is 0 Å². The molecule has 0 aliphatic heterocycles. The highest BCUT2D eigenvalue weighted by atomic mass is 16.5. The van der Waals surface area contributed by atoms with E-state index in [-0.39, 0.29) is 5.54 Å². The third kappa shape index (κ3) is 2.58. The normalized spacial score (nSPS) is 22.9. The SMILES string of the molecule is COc1ccc(C2CCCC2)cc1C1(N)CCCCC1. The summed E-state index contributed by atoms with van der Waals surface area (Å²) < 4.78 is 5.60. The number of methoxy groups -OCH3 is 1. The van der Waals surface area contributed by atoms with Crippen molar-refractivity contribution < 1.29 is 4.74 Å². The van der Waals surface area contributed by atoms with E-state index in [1.807, 2.05) is 0 Å². The van der Waals surface area contributed by atoms with Crippen LogP contribution in [0.1, 0.15) is 74.8 Å². The Morgan fingerprint density at radius 1 is 1.05 bits per heavy atom. The van der Waals surface area contributed by atoms with Gasteiger partial charge >= 0.3 is 0 Å². The monoisotopic (exact) mass is 273 g/mol. The lowest BCUT2D eigenvalue weighted by Crippen LogP contribution is -2.39. The molecular formula is C18H27NO. The second kappa shape index (κ2) is 5.77. The van der Waals surface area contributed by atoms with Gasteiger partial charge in [0.25, 0.3) is 0 Å². The molecule has 2 heteroatoms. The molecule has 2 nitrogen and oxygen atoms in total. The van der Waals surface area contributed by atoms with Crippen LogP contribution in [0.5, 0.6) is 5.75 Å². The summed E-state index contributed by atoms with van der Waals surface area (Å²) in [6.07, 6.45) is 11.4. The van der Waals surface area contributed by atoms with Crippen molar-refractivity contribution in [2.24, 2.45) is 5.73 Å². The molecule has 0 atom stereocenters. The zero-order chi connectivity index (χ0) is 14.0. The molecule has 2 aliphatic carbocycles. The first-order chi connectivity index (χ1) is 9.73. The maximum atomic E-state index is 6.74. The largest absolute Gasteiger partial charge is 0.496 e. The van der Waals surface area contributed by atoms with Gasteiger partial charge in [-0.3, -0.25) is 0 Å². The summed E-state index contributed by atoms with van der Waals surface area (Å²) in [4.78, 5) is 0. The van der Waals surface area contributed by atoms with Crippen molar-refractivity contribution in [3.05, 3.63) is 29.3 Å². The Hall–Kier alpha value is -1.02. The van der Waals surface area contributed by atoms with Gasteiger partial charge in [0.15, 0.2) is 0 Å². The van der Waals surface area contributed by atoms with E-state index >= 15 is 0 Å². The maximum Gasteiger partial charge on any atom is 0.123 e. The number of hydrogen-bond donors (Lipinski definition) is 1. The topological polar surface area (TPSA) is 35.2 Å². The zero-order valence-corrected chi connectivity index (χ0v) is 12.7. The van der Waals surface area contributed by atoms with Crippen molar-refractivity contribution in [3.8, 4) is 5.75 Å². The molecule has 0 amide bonds. The highest BCUT2D eigenvalue weighted by molar-refractivity contribution is 5.43. The molecule has 0 bridgehead atoms. The van der Waals surface area contributed by atoms with Gasteiger partial charge in [-0.15, -0.1) is 0 Å². The van der Waals surface area contributed by atoms with Gasteiger partial charge in [-0.05, 0) is 49.3 Å². The molecule has 0 radical (unpaired) electrons. The fourth-order valence-electron chi connectivity index (χ4n) is 4.08. The van der Waals surface area contributed by atoms with Gasteiger partial charge in [0.2, 0.25) is 0 Å². The van der Waals surface area contributed by atoms with Crippen LogP contribution >= 0.6 is 0 Å². The molecule has 2 fully saturated rings. The molecule has 1 aromatic rings. The lowest BCUT2D eigenvalue weighted by atomic mass is 9.76. The summed E-state index contributed by atoms with van der Waals surface area (Å²) in [5.74, 6) is 1.72. The van der Waals surface area contributed by atoms with Gasteiger partial charge in [0.1, 0.15) is 5.75 Å². The summed E-state index contributed by atoms with van der Waals surface area (Å²) in [6.45, 7) is 0.